The van der Waals surface area contributed by atoms with Gasteiger partial charge in [-0.1, -0.05) is 25.4 Å². The first-order chi connectivity index (χ1) is 10.8. The van der Waals surface area contributed by atoms with Crippen molar-refractivity contribution in [3.8, 4) is 6.07 Å². The predicted molar refractivity (Wildman–Crippen MR) is 87.3 cm³/mol. The number of benzene rings is 1. The second-order valence-corrected chi connectivity index (χ2v) is 6.09. The van der Waals surface area contributed by atoms with Crippen LogP contribution >= 0.6 is 11.6 Å². The van der Waals surface area contributed by atoms with Crippen LogP contribution in [0.15, 0.2) is 16.5 Å². The Labute approximate surface area is 140 Å². The normalized spacial score (nSPS) is 13.7. The summed E-state index contributed by atoms with van der Waals surface area (Å²) < 4.78 is 5.63. The summed E-state index contributed by atoms with van der Waals surface area (Å²) in [5, 5.41) is 30.6. The average Bonchev–Trinajstić information content (AvgIpc) is 2.98. The second-order valence-electron chi connectivity index (χ2n) is 5.71. The molecule has 0 radical (unpaired) electrons. The van der Waals surface area contributed by atoms with Crippen LogP contribution in [-0.4, -0.2) is 21.4 Å². The summed E-state index contributed by atoms with van der Waals surface area (Å²) in [5.74, 6) is 0.933. The molecule has 1 aromatic carbocycles. The zero-order valence-corrected chi connectivity index (χ0v) is 14.2. The van der Waals surface area contributed by atoms with E-state index in [0.717, 1.165) is 5.56 Å². The number of aliphatic hydroxyl groups excluding tert-OH is 1. The van der Waals surface area contributed by atoms with Crippen LogP contribution in [0.4, 0.5) is 5.69 Å². The van der Waals surface area contributed by atoms with Gasteiger partial charge in [-0.15, -0.1) is 10.2 Å². The number of aromatic nitrogens is 2. The van der Waals surface area contributed by atoms with Crippen molar-refractivity contribution in [1.82, 2.24) is 10.2 Å². The van der Waals surface area contributed by atoms with Gasteiger partial charge < -0.3 is 14.8 Å². The van der Waals surface area contributed by atoms with E-state index in [2.05, 4.69) is 15.5 Å². The van der Waals surface area contributed by atoms with E-state index in [4.69, 9.17) is 21.3 Å². The second kappa shape index (κ2) is 6.99. The van der Waals surface area contributed by atoms with Crippen molar-refractivity contribution in [3.63, 3.8) is 0 Å². The van der Waals surface area contributed by atoms with E-state index in [0.29, 0.717) is 28.1 Å². The highest BCUT2D eigenvalue weighted by Gasteiger charge is 2.25. The highest BCUT2D eigenvalue weighted by Crippen LogP contribution is 2.31. The summed E-state index contributed by atoms with van der Waals surface area (Å²) in [5.41, 5.74) is 1.83. The fourth-order valence-corrected chi connectivity index (χ4v) is 2.30. The lowest BCUT2D eigenvalue weighted by molar-refractivity contribution is 0.158. The van der Waals surface area contributed by atoms with Gasteiger partial charge in [0.25, 0.3) is 0 Å². The molecule has 122 valence electrons. The molecule has 0 bridgehead atoms. The first-order valence-electron chi connectivity index (χ1n) is 7.32. The Morgan fingerprint density at radius 3 is 2.43 bits per heavy atom. The minimum atomic E-state index is -0.760. The van der Waals surface area contributed by atoms with Crippen LogP contribution in [-0.2, 0) is 0 Å². The number of nitrogens with zero attached hydrogens (tertiary/aromatic N) is 3. The van der Waals surface area contributed by atoms with Gasteiger partial charge in [-0.05, 0) is 31.5 Å². The number of hydrogen-bond donors (Lipinski definition) is 2. The van der Waals surface area contributed by atoms with Crippen molar-refractivity contribution in [2.24, 2.45) is 0 Å². The minimum Gasteiger partial charge on any atom is -0.423 e. The van der Waals surface area contributed by atoms with Crippen LogP contribution in [0.3, 0.4) is 0 Å². The number of rotatable bonds is 5. The number of nitriles is 1. The lowest BCUT2D eigenvalue weighted by Gasteiger charge is -2.21. The summed E-state index contributed by atoms with van der Waals surface area (Å²) in [7, 11) is 0. The summed E-state index contributed by atoms with van der Waals surface area (Å²) in [6.07, 6.45) is -0.760. The van der Waals surface area contributed by atoms with Gasteiger partial charge in [0.15, 0.2) is 0 Å². The fraction of sp³-hybridized carbons (Fsp3) is 0.438. The molecule has 2 atom stereocenters. The van der Waals surface area contributed by atoms with Crippen LogP contribution in [0, 0.1) is 18.3 Å². The van der Waals surface area contributed by atoms with E-state index in [-0.39, 0.29) is 5.92 Å². The third kappa shape index (κ3) is 3.63. The Bertz CT molecular complexity index is 734. The summed E-state index contributed by atoms with van der Waals surface area (Å²) in [6.45, 7) is 7.34. The van der Waals surface area contributed by atoms with Crippen LogP contribution in [0.25, 0.3) is 0 Å². The third-order valence-electron chi connectivity index (χ3n) is 3.52. The molecule has 1 aromatic heterocycles. The number of nitrogens with one attached hydrogen (secondary N) is 1. The van der Waals surface area contributed by atoms with Gasteiger partial charge in [-0.3, -0.25) is 0 Å². The molecule has 0 aliphatic rings. The van der Waals surface area contributed by atoms with Gasteiger partial charge in [0, 0.05) is 11.6 Å². The lowest BCUT2D eigenvalue weighted by Crippen LogP contribution is -2.23. The Hall–Kier alpha value is -2.10. The molecular weight excluding hydrogens is 316 g/mol. The first-order valence-corrected chi connectivity index (χ1v) is 7.70. The Morgan fingerprint density at radius 2 is 1.91 bits per heavy atom. The maximum absolute atomic E-state index is 10.1. The predicted octanol–water partition coefficient (Wildman–Crippen LogP) is 3.56. The Balaban J connectivity index is 2.33. The molecular formula is C16H19ClN4O2. The standard InChI is InChI=1S/C16H19ClN4O2/c1-8(2)15-20-21-16(23-15)14(10(4)22)19-12-6-5-11(7-18)13(17)9(12)3/h5-6,8,10,14,19,22H,1-4H3/t10-,14+/m0/s1. The smallest absolute Gasteiger partial charge is 0.241 e. The molecule has 23 heavy (non-hydrogen) atoms. The number of halogens is 1. The van der Waals surface area contributed by atoms with E-state index >= 15 is 0 Å². The first kappa shape index (κ1) is 17.3. The molecule has 2 aromatic rings. The van der Waals surface area contributed by atoms with Gasteiger partial charge in [0.2, 0.25) is 11.8 Å². The number of hydrogen-bond acceptors (Lipinski definition) is 6. The van der Waals surface area contributed by atoms with Crippen molar-refractivity contribution < 1.29 is 9.52 Å². The molecule has 0 saturated heterocycles. The topological polar surface area (TPSA) is 95.0 Å². The van der Waals surface area contributed by atoms with E-state index < -0.39 is 12.1 Å². The van der Waals surface area contributed by atoms with Crippen LogP contribution in [0.1, 0.15) is 55.6 Å². The summed E-state index contributed by atoms with van der Waals surface area (Å²) >= 11 is 6.18. The molecule has 0 fully saturated rings. The van der Waals surface area contributed by atoms with Gasteiger partial charge in [0.1, 0.15) is 12.1 Å². The highest BCUT2D eigenvalue weighted by atomic mass is 35.5. The molecule has 2 rings (SSSR count). The van der Waals surface area contributed by atoms with Gasteiger partial charge in [0.05, 0.1) is 16.7 Å². The maximum atomic E-state index is 10.1. The molecule has 0 aliphatic heterocycles. The van der Waals surface area contributed by atoms with Crippen LogP contribution in [0.5, 0.6) is 0 Å². The van der Waals surface area contributed by atoms with Gasteiger partial charge in [-0.25, -0.2) is 0 Å². The molecule has 2 N–H and O–H groups in total. The van der Waals surface area contributed by atoms with E-state index in [9.17, 15) is 5.11 Å². The third-order valence-corrected chi connectivity index (χ3v) is 4.00. The molecule has 6 nitrogen and oxygen atoms in total. The van der Waals surface area contributed by atoms with Crippen molar-refractivity contribution in [1.29, 1.82) is 5.26 Å². The van der Waals surface area contributed by atoms with Crippen LogP contribution < -0.4 is 5.32 Å². The molecule has 0 unspecified atom stereocenters. The molecule has 0 spiro atoms. The van der Waals surface area contributed by atoms with Crippen molar-refractivity contribution >= 4 is 17.3 Å². The van der Waals surface area contributed by atoms with E-state index in [1.54, 1.807) is 26.0 Å². The minimum absolute atomic E-state index is 0.108. The van der Waals surface area contributed by atoms with Crippen molar-refractivity contribution in [3.05, 3.63) is 40.1 Å². The fourth-order valence-electron chi connectivity index (χ4n) is 2.09. The van der Waals surface area contributed by atoms with E-state index in [1.807, 2.05) is 19.9 Å². The Morgan fingerprint density at radius 1 is 1.26 bits per heavy atom. The van der Waals surface area contributed by atoms with E-state index in [1.165, 1.54) is 0 Å². The summed E-state index contributed by atoms with van der Waals surface area (Å²) in [4.78, 5) is 0. The monoisotopic (exact) mass is 334 g/mol. The summed E-state index contributed by atoms with van der Waals surface area (Å²) in [6, 6.07) is 4.84. The molecule has 0 aliphatic carbocycles. The SMILES string of the molecule is Cc1c(N[C@@H](c2nnc(C(C)C)o2)[C@H](C)O)ccc(C#N)c1Cl. The number of aliphatic hydroxyl groups is 1. The zero-order valence-electron chi connectivity index (χ0n) is 13.5. The zero-order chi connectivity index (χ0) is 17.1. The van der Waals surface area contributed by atoms with Crippen LogP contribution in [0.2, 0.25) is 5.02 Å². The molecule has 0 amide bonds. The molecule has 1 heterocycles. The number of anilines is 1. The lowest BCUT2D eigenvalue weighted by atomic mass is 10.1. The average molecular weight is 335 g/mol. The van der Waals surface area contributed by atoms with Crippen molar-refractivity contribution in [2.75, 3.05) is 5.32 Å². The van der Waals surface area contributed by atoms with Gasteiger partial charge in [-0.2, -0.15) is 5.26 Å². The molecule has 0 saturated carbocycles. The maximum Gasteiger partial charge on any atom is 0.241 e. The molecule has 7 heteroatoms. The Kier molecular flexibility index (Phi) is 5.24. The quantitative estimate of drug-likeness (QED) is 0.868. The van der Waals surface area contributed by atoms with Gasteiger partial charge >= 0.3 is 0 Å². The van der Waals surface area contributed by atoms with Crippen molar-refractivity contribution in [2.45, 2.75) is 45.8 Å². The highest BCUT2D eigenvalue weighted by molar-refractivity contribution is 6.32. The largest absolute Gasteiger partial charge is 0.423 e.